The molecule has 0 radical (unpaired) electrons. The first-order chi connectivity index (χ1) is 7.79. The summed E-state index contributed by atoms with van der Waals surface area (Å²) in [5, 5.41) is 12.3. The van der Waals surface area contributed by atoms with Crippen LogP contribution in [0.4, 0.5) is 11.4 Å². The monoisotopic (exact) mass is 233 g/mol. The fourth-order valence-electron chi connectivity index (χ4n) is 1.81. The molecule has 1 heterocycles. The maximum atomic E-state index is 8.84. The molecule has 0 saturated carbocycles. The summed E-state index contributed by atoms with van der Waals surface area (Å²) in [5.41, 5.74) is 8.16. The van der Waals surface area contributed by atoms with Gasteiger partial charge < -0.3 is 11.1 Å². The van der Waals surface area contributed by atoms with Gasteiger partial charge in [-0.2, -0.15) is 17.0 Å². The van der Waals surface area contributed by atoms with Crippen molar-refractivity contribution in [2.75, 3.05) is 22.6 Å². The van der Waals surface area contributed by atoms with E-state index in [4.69, 9.17) is 11.0 Å². The molecule has 3 nitrogen and oxygen atoms in total. The van der Waals surface area contributed by atoms with Crippen LogP contribution in [0.3, 0.4) is 0 Å². The van der Waals surface area contributed by atoms with Crippen molar-refractivity contribution in [3.63, 3.8) is 0 Å². The summed E-state index contributed by atoms with van der Waals surface area (Å²) in [7, 11) is 0. The molecule has 84 valence electrons. The highest BCUT2D eigenvalue weighted by Gasteiger charge is 2.14. The fourth-order valence-corrected chi connectivity index (χ4v) is 2.92. The van der Waals surface area contributed by atoms with Gasteiger partial charge in [0.05, 0.1) is 23.0 Å². The van der Waals surface area contributed by atoms with Gasteiger partial charge in [0, 0.05) is 6.04 Å². The van der Waals surface area contributed by atoms with Crippen LogP contribution in [0.5, 0.6) is 0 Å². The van der Waals surface area contributed by atoms with Crippen LogP contribution in [-0.4, -0.2) is 17.5 Å². The molecule has 0 bridgehead atoms. The maximum absolute atomic E-state index is 8.84. The highest BCUT2D eigenvalue weighted by atomic mass is 32.2. The zero-order chi connectivity index (χ0) is 11.4. The molecule has 1 saturated heterocycles. The molecule has 16 heavy (non-hydrogen) atoms. The molecule has 0 unspecified atom stereocenters. The summed E-state index contributed by atoms with van der Waals surface area (Å²) >= 11 is 2.00. The second-order valence-corrected chi connectivity index (χ2v) is 5.17. The Bertz CT molecular complexity index is 405. The molecule has 3 N–H and O–H groups in total. The van der Waals surface area contributed by atoms with E-state index in [9.17, 15) is 0 Å². The lowest BCUT2D eigenvalue weighted by Crippen LogP contribution is -2.24. The van der Waals surface area contributed by atoms with Crippen molar-refractivity contribution in [2.24, 2.45) is 0 Å². The molecular formula is C12H15N3S. The van der Waals surface area contributed by atoms with E-state index in [1.54, 1.807) is 12.1 Å². The Morgan fingerprint density at radius 2 is 2.12 bits per heavy atom. The van der Waals surface area contributed by atoms with Gasteiger partial charge in [0.15, 0.2) is 0 Å². The molecule has 1 aliphatic heterocycles. The van der Waals surface area contributed by atoms with Crippen molar-refractivity contribution in [2.45, 2.75) is 18.9 Å². The second-order valence-electron chi connectivity index (χ2n) is 3.94. The van der Waals surface area contributed by atoms with Crippen molar-refractivity contribution in [3.8, 4) is 6.07 Å². The first-order valence-electron chi connectivity index (χ1n) is 5.43. The van der Waals surface area contributed by atoms with E-state index >= 15 is 0 Å². The van der Waals surface area contributed by atoms with Crippen molar-refractivity contribution in [3.05, 3.63) is 23.8 Å². The molecule has 1 aliphatic rings. The Labute approximate surface area is 100 Å². The van der Waals surface area contributed by atoms with Crippen LogP contribution < -0.4 is 11.1 Å². The number of rotatable bonds is 2. The average molecular weight is 233 g/mol. The Balaban J connectivity index is 2.10. The van der Waals surface area contributed by atoms with Gasteiger partial charge in [-0.1, -0.05) is 0 Å². The van der Waals surface area contributed by atoms with Crippen molar-refractivity contribution >= 4 is 23.1 Å². The van der Waals surface area contributed by atoms with E-state index in [0.717, 1.165) is 11.4 Å². The molecule has 2 rings (SSSR count). The lowest BCUT2D eigenvalue weighted by Gasteiger charge is -2.24. The van der Waals surface area contributed by atoms with Crippen molar-refractivity contribution < 1.29 is 0 Å². The van der Waals surface area contributed by atoms with Gasteiger partial charge in [-0.15, -0.1) is 0 Å². The number of nitrogen functional groups attached to an aromatic ring is 1. The third-order valence-corrected chi connectivity index (χ3v) is 3.81. The smallest absolute Gasteiger partial charge is 0.0992 e. The summed E-state index contributed by atoms with van der Waals surface area (Å²) < 4.78 is 0. The lowest BCUT2D eigenvalue weighted by atomic mass is 10.1. The molecule has 0 atom stereocenters. The molecule has 0 amide bonds. The summed E-state index contributed by atoms with van der Waals surface area (Å²) in [6.45, 7) is 0. The van der Waals surface area contributed by atoms with E-state index in [0.29, 0.717) is 11.6 Å². The molecule has 1 aromatic rings. The minimum Gasteiger partial charge on any atom is -0.397 e. The zero-order valence-electron chi connectivity index (χ0n) is 9.07. The van der Waals surface area contributed by atoms with Gasteiger partial charge >= 0.3 is 0 Å². The molecule has 1 fully saturated rings. The Kier molecular flexibility index (Phi) is 3.58. The Hall–Kier alpha value is -1.34. The number of thioether (sulfide) groups is 1. The number of nitrogens with zero attached hydrogens (tertiary/aromatic N) is 1. The molecule has 0 spiro atoms. The normalized spacial score (nSPS) is 16.7. The molecule has 0 aliphatic carbocycles. The highest BCUT2D eigenvalue weighted by molar-refractivity contribution is 7.99. The van der Waals surface area contributed by atoms with Crippen molar-refractivity contribution in [1.29, 1.82) is 5.26 Å². The van der Waals surface area contributed by atoms with Gasteiger partial charge in [0.1, 0.15) is 0 Å². The van der Waals surface area contributed by atoms with Gasteiger partial charge in [-0.25, -0.2) is 0 Å². The molecule has 1 aromatic carbocycles. The minimum absolute atomic E-state index is 0.498. The van der Waals surface area contributed by atoms with Crippen molar-refractivity contribution in [1.82, 2.24) is 0 Å². The quantitative estimate of drug-likeness (QED) is 0.770. The topological polar surface area (TPSA) is 61.8 Å². The van der Waals surface area contributed by atoms with E-state index < -0.39 is 0 Å². The summed E-state index contributed by atoms with van der Waals surface area (Å²) in [5.74, 6) is 2.41. The fraction of sp³-hybridized carbons (Fsp3) is 0.417. The number of anilines is 2. The van der Waals surface area contributed by atoms with Crippen LogP contribution in [0, 0.1) is 11.3 Å². The SMILES string of the molecule is N#Cc1ccc(N)c(NC2CCSCC2)c1. The van der Waals surface area contributed by atoms with Gasteiger partial charge in [0.2, 0.25) is 0 Å². The van der Waals surface area contributed by atoms with Crippen LogP contribution in [0.1, 0.15) is 18.4 Å². The third-order valence-electron chi connectivity index (χ3n) is 2.76. The van der Waals surface area contributed by atoms with E-state index in [1.807, 2.05) is 17.8 Å². The van der Waals surface area contributed by atoms with Gasteiger partial charge in [0.25, 0.3) is 0 Å². The van der Waals surface area contributed by atoms with Crippen LogP contribution in [0.25, 0.3) is 0 Å². The maximum Gasteiger partial charge on any atom is 0.0992 e. The standard InChI is InChI=1S/C12H15N3S/c13-8-9-1-2-11(14)12(7-9)15-10-3-5-16-6-4-10/h1-2,7,10,15H,3-6,14H2. The van der Waals surface area contributed by atoms with Gasteiger partial charge in [-0.05, 0) is 42.5 Å². The van der Waals surface area contributed by atoms with Crippen LogP contribution in [-0.2, 0) is 0 Å². The first kappa shape index (κ1) is 11.2. The number of benzene rings is 1. The van der Waals surface area contributed by atoms with E-state index in [2.05, 4.69) is 11.4 Å². The third kappa shape index (κ3) is 2.61. The summed E-state index contributed by atoms with van der Waals surface area (Å²) in [6.07, 6.45) is 2.34. The van der Waals surface area contributed by atoms with Crippen LogP contribution in [0.15, 0.2) is 18.2 Å². The number of nitriles is 1. The lowest BCUT2D eigenvalue weighted by molar-refractivity contribution is 0.667. The number of hydrogen-bond acceptors (Lipinski definition) is 4. The Morgan fingerprint density at radius 3 is 2.81 bits per heavy atom. The van der Waals surface area contributed by atoms with E-state index in [-0.39, 0.29) is 0 Å². The zero-order valence-corrected chi connectivity index (χ0v) is 9.89. The van der Waals surface area contributed by atoms with Crippen LogP contribution >= 0.6 is 11.8 Å². The largest absolute Gasteiger partial charge is 0.397 e. The number of hydrogen-bond donors (Lipinski definition) is 2. The predicted molar refractivity (Wildman–Crippen MR) is 69.5 cm³/mol. The number of nitrogens with one attached hydrogen (secondary N) is 1. The first-order valence-corrected chi connectivity index (χ1v) is 6.59. The van der Waals surface area contributed by atoms with E-state index in [1.165, 1.54) is 24.3 Å². The molecule has 4 heteroatoms. The summed E-state index contributed by atoms with van der Waals surface area (Å²) in [6, 6.07) is 8.00. The summed E-state index contributed by atoms with van der Waals surface area (Å²) in [4.78, 5) is 0. The molecular weight excluding hydrogens is 218 g/mol. The second kappa shape index (κ2) is 5.13. The Morgan fingerprint density at radius 1 is 1.38 bits per heavy atom. The predicted octanol–water partition coefficient (Wildman–Crippen LogP) is 2.45. The average Bonchev–Trinajstić information content (AvgIpc) is 2.33. The van der Waals surface area contributed by atoms with Crippen LogP contribution in [0.2, 0.25) is 0 Å². The molecule has 0 aromatic heterocycles. The highest BCUT2D eigenvalue weighted by Crippen LogP contribution is 2.25. The minimum atomic E-state index is 0.498. The van der Waals surface area contributed by atoms with Gasteiger partial charge in [-0.3, -0.25) is 0 Å². The number of nitrogens with two attached hydrogens (primary N) is 1.